The molecule has 0 aromatic heterocycles. The fraction of sp³-hybridized carbons (Fsp3) is 1.00. The molecule has 1 N–H and O–H groups in total. The van der Waals surface area contributed by atoms with Crippen molar-refractivity contribution in [2.45, 2.75) is 72.3 Å². The van der Waals surface area contributed by atoms with Gasteiger partial charge < -0.3 is 10.2 Å². The van der Waals surface area contributed by atoms with Crippen molar-refractivity contribution < 1.29 is 0 Å². The topological polar surface area (TPSA) is 15.3 Å². The maximum Gasteiger partial charge on any atom is 0.00385 e. The van der Waals surface area contributed by atoms with Gasteiger partial charge in [-0.05, 0) is 77.5 Å². The molecule has 0 aliphatic carbocycles. The number of unbranched alkanes of at least 4 members (excludes halogenated alkanes) is 2. The van der Waals surface area contributed by atoms with Gasteiger partial charge in [-0.15, -0.1) is 0 Å². The Labute approximate surface area is 121 Å². The van der Waals surface area contributed by atoms with E-state index in [4.69, 9.17) is 0 Å². The zero-order valence-electron chi connectivity index (χ0n) is 13.8. The first kappa shape index (κ1) is 17.0. The van der Waals surface area contributed by atoms with Gasteiger partial charge in [0.05, 0.1) is 0 Å². The molecule has 0 bridgehead atoms. The summed E-state index contributed by atoms with van der Waals surface area (Å²) >= 11 is 0. The summed E-state index contributed by atoms with van der Waals surface area (Å²) in [6.45, 7) is 14.5. The lowest BCUT2D eigenvalue weighted by Crippen LogP contribution is -2.37. The summed E-state index contributed by atoms with van der Waals surface area (Å²) in [5, 5.41) is 3.55. The summed E-state index contributed by atoms with van der Waals surface area (Å²) in [6.07, 6.45) is 8.26. The van der Waals surface area contributed by atoms with E-state index < -0.39 is 0 Å². The molecule has 114 valence electrons. The highest BCUT2D eigenvalue weighted by atomic mass is 15.1. The first-order chi connectivity index (χ1) is 9.15. The Bertz CT molecular complexity index is 209. The maximum absolute atomic E-state index is 3.55. The molecule has 0 radical (unpaired) electrons. The molecule has 1 aliphatic heterocycles. The molecular weight excluding hydrogens is 232 g/mol. The third-order valence-electron chi connectivity index (χ3n) is 4.79. The normalized spacial score (nSPS) is 22.1. The highest BCUT2D eigenvalue weighted by molar-refractivity contribution is 4.75. The van der Waals surface area contributed by atoms with Crippen LogP contribution >= 0.6 is 0 Å². The Morgan fingerprint density at radius 2 is 1.95 bits per heavy atom. The fourth-order valence-electron chi connectivity index (χ4n) is 3.16. The van der Waals surface area contributed by atoms with Crippen LogP contribution in [0.15, 0.2) is 0 Å². The van der Waals surface area contributed by atoms with Crippen molar-refractivity contribution in [3.8, 4) is 0 Å². The summed E-state index contributed by atoms with van der Waals surface area (Å²) < 4.78 is 0. The third kappa shape index (κ3) is 6.76. The molecule has 2 atom stereocenters. The van der Waals surface area contributed by atoms with Crippen LogP contribution in [-0.2, 0) is 0 Å². The molecule has 1 rings (SSSR count). The van der Waals surface area contributed by atoms with Gasteiger partial charge >= 0.3 is 0 Å². The van der Waals surface area contributed by atoms with Crippen LogP contribution in [-0.4, -0.2) is 37.1 Å². The minimum Gasteiger partial charge on any atom is -0.316 e. The fourth-order valence-corrected chi connectivity index (χ4v) is 3.16. The minimum atomic E-state index is 0.702. The van der Waals surface area contributed by atoms with E-state index in [1.807, 2.05) is 0 Å². The molecule has 0 saturated carbocycles. The predicted octanol–water partition coefficient (Wildman–Crippen LogP) is 3.91. The lowest BCUT2D eigenvalue weighted by Gasteiger charge is -2.32. The zero-order valence-corrected chi connectivity index (χ0v) is 13.8. The van der Waals surface area contributed by atoms with Gasteiger partial charge in [0.1, 0.15) is 0 Å². The molecule has 1 aliphatic rings. The van der Waals surface area contributed by atoms with Crippen LogP contribution in [0.25, 0.3) is 0 Å². The highest BCUT2D eigenvalue weighted by Gasteiger charge is 2.20. The van der Waals surface area contributed by atoms with Crippen LogP contribution in [0.2, 0.25) is 0 Å². The largest absolute Gasteiger partial charge is 0.316 e. The van der Waals surface area contributed by atoms with Gasteiger partial charge in [-0.3, -0.25) is 0 Å². The van der Waals surface area contributed by atoms with E-state index in [1.165, 1.54) is 64.7 Å². The average molecular weight is 268 g/mol. The van der Waals surface area contributed by atoms with Crippen molar-refractivity contribution in [3.05, 3.63) is 0 Å². The van der Waals surface area contributed by atoms with Gasteiger partial charge in [0.15, 0.2) is 0 Å². The second-order valence-electron chi connectivity index (χ2n) is 6.71. The Hall–Kier alpha value is -0.0800. The van der Waals surface area contributed by atoms with E-state index in [0.717, 1.165) is 11.8 Å². The summed E-state index contributed by atoms with van der Waals surface area (Å²) in [7, 11) is 0. The number of hydrogen-bond donors (Lipinski definition) is 1. The number of hydrogen-bond acceptors (Lipinski definition) is 2. The Morgan fingerprint density at radius 1 is 1.16 bits per heavy atom. The Kier molecular flexibility index (Phi) is 8.72. The molecular formula is C17H36N2. The van der Waals surface area contributed by atoms with Crippen molar-refractivity contribution in [3.63, 3.8) is 0 Å². The summed E-state index contributed by atoms with van der Waals surface area (Å²) in [6, 6.07) is 0.702. The number of nitrogens with zero attached hydrogens (tertiary/aromatic N) is 1. The molecule has 1 heterocycles. The molecule has 2 nitrogen and oxygen atoms in total. The lowest BCUT2D eigenvalue weighted by molar-refractivity contribution is 0.180. The van der Waals surface area contributed by atoms with E-state index in [9.17, 15) is 0 Å². The monoisotopic (exact) mass is 268 g/mol. The smallest absolute Gasteiger partial charge is 0.00385 e. The third-order valence-corrected chi connectivity index (χ3v) is 4.79. The molecule has 1 saturated heterocycles. The molecule has 1 fully saturated rings. The Morgan fingerprint density at radius 3 is 2.53 bits per heavy atom. The second kappa shape index (κ2) is 9.77. The van der Waals surface area contributed by atoms with Crippen LogP contribution in [0.5, 0.6) is 0 Å². The second-order valence-corrected chi connectivity index (χ2v) is 6.71. The van der Waals surface area contributed by atoms with Gasteiger partial charge in [0, 0.05) is 6.04 Å². The first-order valence-corrected chi connectivity index (χ1v) is 8.59. The standard InChI is InChI=1S/C17H36N2/c1-5-6-7-12-19(15(2)3)13-10-16(4)17-9-8-11-18-14-17/h15-18H,5-14H2,1-4H3. The van der Waals surface area contributed by atoms with E-state index in [-0.39, 0.29) is 0 Å². The Balaban J connectivity index is 2.25. The van der Waals surface area contributed by atoms with Gasteiger partial charge in [0.2, 0.25) is 0 Å². The molecule has 2 heteroatoms. The van der Waals surface area contributed by atoms with Crippen LogP contribution in [0.1, 0.15) is 66.2 Å². The van der Waals surface area contributed by atoms with E-state index in [1.54, 1.807) is 0 Å². The molecule has 19 heavy (non-hydrogen) atoms. The van der Waals surface area contributed by atoms with Crippen LogP contribution in [0, 0.1) is 11.8 Å². The lowest BCUT2D eigenvalue weighted by atomic mass is 9.85. The predicted molar refractivity (Wildman–Crippen MR) is 85.6 cm³/mol. The van der Waals surface area contributed by atoms with Crippen molar-refractivity contribution in [1.82, 2.24) is 10.2 Å². The van der Waals surface area contributed by atoms with E-state index in [2.05, 4.69) is 37.9 Å². The first-order valence-electron chi connectivity index (χ1n) is 8.59. The van der Waals surface area contributed by atoms with Crippen molar-refractivity contribution >= 4 is 0 Å². The maximum atomic E-state index is 3.55. The number of nitrogens with one attached hydrogen (secondary N) is 1. The van der Waals surface area contributed by atoms with Crippen LogP contribution in [0.4, 0.5) is 0 Å². The highest BCUT2D eigenvalue weighted by Crippen LogP contribution is 2.23. The molecule has 0 aromatic carbocycles. The van der Waals surface area contributed by atoms with Crippen molar-refractivity contribution in [2.24, 2.45) is 11.8 Å². The molecule has 2 unspecified atom stereocenters. The quantitative estimate of drug-likeness (QED) is 0.638. The van der Waals surface area contributed by atoms with Crippen molar-refractivity contribution in [1.29, 1.82) is 0 Å². The van der Waals surface area contributed by atoms with Gasteiger partial charge in [-0.25, -0.2) is 0 Å². The summed E-state index contributed by atoms with van der Waals surface area (Å²) in [4.78, 5) is 2.68. The average Bonchev–Trinajstić information content (AvgIpc) is 2.43. The van der Waals surface area contributed by atoms with Gasteiger partial charge in [-0.1, -0.05) is 26.7 Å². The minimum absolute atomic E-state index is 0.702. The van der Waals surface area contributed by atoms with E-state index >= 15 is 0 Å². The summed E-state index contributed by atoms with van der Waals surface area (Å²) in [5.74, 6) is 1.79. The zero-order chi connectivity index (χ0) is 14.1. The van der Waals surface area contributed by atoms with E-state index in [0.29, 0.717) is 6.04 Å². The van der Waals surface area contributed by atoms with Gasteiger partial charge in [-0.2, -0.15) is 0 Å². The van der Waals surface area contributed by atoms with Gasteiger partial charge in [0.25, 0.3) is 0 Å². The summed E-state index contributed by atoms with van der Waals surface area (Å²) in [5.41, 5.74) is 0. The number of piperidine rings is 1. The molecule has 0 spiro atoms. The van der Waals surface area contributed by atoms with Crippen molar-refractivity contribution in [2.75, 3.05) is 26.2 Å². The number of rotatable bonds is 9. The molecule has 0 aromatic rings. The van der Waals surface area contributed by atoms with Crippen LogP contribution < -0.4 is 5.32 Å². The SMILES string of the molecule is CCCCCN(CCC(C)C1CCCNC1)C(C)C. The molecule has 0 amide bonds. The van der Waals surface area contributed by atoms with Crippen LogP contribution in [0.3, 0.4) is 0 Å².